The summed E-state index contributed by atoms with van der Waals surface area (Å²) in [6, 6.07) is 15.8. The third-order valence-corrected chi connectivity index (χ3v) is 14.6. The quantitative estimate of drug-likeness (QED) is 0.0272. The Balaban J connectivity index is 1.33. The standard InChI is InChI=1S/C58H78N2O12/c1-5-8-9-10-11-12-13-14-15-20-32-66-57(64)60(38-41-23-26-52-53(33-41)68-40-67-52)54-37-49(59-70-7-3)47-35-42(21-16-18-29-61)46(22-17-19-30-62)55-48-36-45(71-44-24-27-50(65-4)43(34-44)39-63)25-28-51(48)72-58(54,56(47)55)69-31-6-2/h6,23-28,33-36,39,42,46,54-56,61-62H,2,5,7-22,29-32,37-38,40H2,1,3-4H3/t42-,46+,54-,55+,56+,58+/m0/s1. The summed E-state index contributed by atoms with van der Waals surface area (Å²) in [5, 5.41) is 24.9. The topological polar surface area (TPSA) is 164 Å². The molecule has 1 amide bonds. The van der Waals surface area contributed by atoms with Crippen molar-refractivity contribution in [2.24, 2.45) is 22.9 Å². The molecule has 0 saturated heterocycles. The van der Waals surface area contributed by atoms with Gasteiger partial charge in [0.15, 0.2) is 17.8 Å². The van der Waals surface area contributed by atoms with E-state index in [2.05, 4.69) is 19.6 Å². The normalized spacial score (nSPS) is 22.0. The molecule has 6 atom stereocenters. The molecular weight excluding hydrogens is 917 g/mol. The van der Waals surface area contributed by atoms with Gasteiger partial charge in [0.05, 0.1) is 37.5 Å². The van der Waals surface area contributed by atoms with Gasteiger partial charge in [-0.2, -0.15) is 0 Å². The van der Waals surface area contributed by atoms with Crippen molar-refractivity contribution in [2.45, 2.75) is 147 Å². The lowest BCUT2D eigenvalue weighted by atomic mass is 9.55. The van der Waals surface area contributed by atoms with Crippen LogP contribution in [-0.4, -0.2) is 92.0 Å². The van der Waals surface area contributed by atoms with Crippen LogP contribution in [0.3, 0.4) is 0 Å². The van der Waals surface area contributed by atoms with Gasteiger partial charge in [-0.1, -0.05) is 101 Å². The summed E-state index contributed by atoms with van der Waals surface area (Å²) >= 11 is 0. The monoisotopic (exact) mass is 995 g/mol. The number of aliphatic hydroxyl groups is 2. The minimum Gasteiger partial charge on any atom is -0.496 e. The van der Waals surface area contributed by atoms with E-state index in [1.807, 2.05) is 43.3 Å². The molecule has 2 heterocycles. The van der Waals surface area contributed by atoms with Gasteiger partial charge in [-0.3, -0.25) is 9.69 Å². The average molecular weight is 995 g/mol. The number of carbonyl (C=O) groups excluding carboxylic acids is 2. The molecule has 72 heavy (non-hydrogen) atoms. The van der Waals surface area contributed by atoms with Gasteiger partial charge in [0, 0.05) is 37.7 Å². The summed E-state index contributed by atoms with van der Waals surface area (Å²) in [5.74, 6) is 0.958. The summed E-state index contributed by atoms with van der Waals surface area (Å²) in [6.07, 6.45) is 20.5. The number of aliphatic hydroxyl groups excluding tert-OH is 2. The van der Waals surface area contributed by atoms with E-state index in [0.29, 0.717) is 65.2 Å². The molecule has 1 fully saturated rings. The highest BCUT2D eigenvalue weighted by atomic mass is 16.7. The number of benzene rings is 3. The predicted molar refractivity (Wildman–Crippen MR) is 276 cm³/mol. The highest BCUT2D eigenvalue weighted by Crippen LogP contribution is 2.62. The first kappa shape index (κ1) is 54.2. The van der Waals surface area contributed by atoms with Gasteiger partial charge in [0.2, 0.25) is 12.6 Å². The van der Waals surface area contributed by atoms with Crippen molar-refractivity contribution in [2.75, 3.05) is 46.9 Å². The molecule has 392 valence electrons. The maximum absolute atomic E-state index is 15.1. The number of amides is 1. The fourth-order valence-corrected chi connectivity index (χ4v) is 11.2. The van der Waals surface area contributed by atoms with E-state index in [4.69, 9.17) is 43.2 Å². The van der Waals surface area contributed by atoms with E-state index in [1.165, 1.54) is 52.1 Å². The fourth-order valence-electron chi connectivity index (χ4n) is 11.2. The molecular formula is C58H78N2O12. The summed E-state index contributed by atoms with van der Waals surface area (Å²) in [4.78, 5) is 34.9. The highest BCUT2D eigenvalue weighted by Gasteiger charge is 2.65. The first-order valence-corrected chi connectivity index (χ1v) is 26.7. The zero-order chi connectivity index (χ0) is 50.7. The Morgan fingerprint density at radius 2 is 1.56 bits per heavy atom. The minimum absolute atomic E-state index is 0.00560. The van der Waals surface area contributed by atoms with Crippen LogP contribution in [0.4, 0.5) is 4.79 Å². The van der Waals surface area contributed by atoms with E-state index in [-0.39, 0.29) is 63.9 Å². The third kappa shape index (κ3) is 13.1. The molecule has 14 heteroatoms. The van der Waals surface area contributed by atoms with E-state index in [9.17, 15) is 15.0 Å². The Hall–Kier alpha value is -5.57. The molecule has 1 saturated carbocycles. The number of carbonyl (C=O) groups is 2. The molecule has 2 aliphatic carbocycles. The molecule has 0 unspecified atom stereocenters. The van der Waals surface area contributed by atoms with Gasteiger partial charge >= 0.3 is 6.09 Å². The Labute approximate surface area is 426 Å². The Kier molecular flexibility index (Phi) is 20.7. The van der Waals surface area contributed by atoms with E-state index in [1.54, 1.807) is 29.2 Å². The number of aldehydes is 1. The first-order valence-electron chi connectivity index (χ1n) is 26.7. The molecule has 14 nitrogen and oxygen atoms in total. The molecule has 0 radical (unpaired) electrons. The Morgan fingerprint density at radius 3 is 2.28 bits per heavy atom. The van der Waals surface area contributed by atoms with E-state index < -0.39 is 23.8 Å². The van der Waals surface area contributed by atoms with Crippen molar-refractivity contribution in [1.29, 1.82) is 0 Å². The number of nitrogens with zero attached hydrogens (tertiary/aromatic N) is 2. The molecule has 2 aliphatic heterocycles. The number of ether oxygens (including phenoxy) is 7. The minimum atomic E-state index is -1.50. The second-order valence-electron chi connectivity index (χ2n) is 19.4. The van der Waals surface area contributed by atoms with Crippen LogP contribution in [0.2, 0.25) is 0 Å². The molecule has 4 aliphatic rings. The zero-order valence-corrected chi connectivity index (χ0v) is 42.9. The maximum Gasteiger partial charge on any atom is 0.410 e. The number of oxime groups is 1. The molecule has 0 aromatic heterocycles. The van der Waals surface area contributed by atoms with Crippen LogP contribution in [0.5, 0.6) is 34.5 Å². The van der Waals surface area contributed by atoms with Crippen LogP contribution in [0.15, 0.2) is 84.1 Å². The summed E-state index contributed by atoms with van der Waals surface area (Å²) in [7, 11) is 1.52. The molecule has 0 bridgehead atoms. The number of unbranched alkanes of at least 4 members (excludes halogenated alkanes) is 11. The highest BCUT2D eigenvalue weighted by molar-refractivity contribution is 6.03. The average Bonchev–Trinajstić information content (AvgIpc) is 3.87. The van der Waals surface area contributed by atoms with Crippen LogP contribution < -0.4 is 23.7 Å². The summed E-state index contributed by atoms with van der Waals surface area (Å²) < 4.78 is 44.4. The molecule has 3 aromatic rings. The summed E-state index contributed by atoms with van der Waals surface area (Å²) in [5.41, 5.74) is 3.67. The number of hydrogen-bond donors (Lipinski definition) is 2. The van der Waals surface area contributed by atoms with Gasteiger partial charge in [0.1, 0.15) is 35.6 Å². The van der Waals surface area contributed by atoms with Crippen molar-refractivity contribution in [1.82, 2.24) is 4.90 Å². The van der Waals surface area contributed by atoms with Crippen LogP contribution in [0, 0.1) is 17.8 Å². The summed E-state index contributed by atoms with van der Waals surface area (Å²) in [6.45, 7) is 9.32. The van der Waals surface area contributed by atoms with Gasteiger partial charge < -0.3 is 48.2 Å². The van der Waals surface area contributed by atoms with Gasteiger partial charge in [0.25, 0.3) is 0 Å². The maximum atomic E-state index is 15.1. The van der Waals surface area contributed by atoms with Crippen LogP contribution in [0.25, 0.3) is 0 Å². The number of allylic oxidation sites excluding steroid dienone is 1. The second kappa shape index (κ2) is 27.5. The van der Waals surface area contributed by atoms with E-state index in [0.717, 1.165) is 67.9 Å². The number of methoxy groups -OCH3 is 1. The molecule has 0 spiro atoms. The Morgan fingerprint density at radius 1 is 0.847 bits per heavy atom. The van der Waals surface area contributed by atoms with Crippen LogP contribution in [0.1, 0.15) is 150 Å². The van der Waals surface area contributed by atoms with Crippen molar-refractivity contribution >= 4 is 18.1 Å². The SMILES string of the molecule is C=CCO[C@@]12Oc3ccc(Oc4ccc(OC)c(C=O)c4)cc3[C@H]3[C@H](CCCCO)[C@@H](CCCCO)C=C(C(=NOCC)C[C@@H]1N(Cc1ccc4c(c1)OCO4)C(=O)OCCCCCCCCCCCC)[C@H]32. The fraction of sp³-hybridized carbons (Fsp3) is 0.569. The van der Waals surface area contributed by atoms with E-state index >= 15 is 4.79 Å². The van der Waals surface area contributed by atoms with Crippen molar-refractivity contribution in [3.8, 4) is 34.5 Å². The molecule has 3 aromatic carbocycles. The third-order valence-electron chi connectivity index (χ3n) is 14.6. The van der Waals surface area contributed by atoms with Crippen molar-refractivity contribution < 1.29 is 57.8 Å². The lowest BCUT2D eigenvalue weighted by molar-refractivity contribution is -0.256. The number of rotatable bonds is 31. The molecule has 7 rings (SSSR count). The smallest absolute Gasteiger partial charge is 0.410 e. The predicted octanol–water partition coefficient (Wildman–Crippen LogP) is 12.2. The number of hydrogen-bond acceptors (Lipinski definition) is 13. The van der Waals surface area contributed by atoms with Crippen LogP contribution in [-0.2, 0) is 20.9 Å². The van der Waals surface area contributed by atoms with Gasteiger partial charge in [-0.25, -0.2) is 4.79 Å². The first-order chi connectivity index (χ1) is 35.3. The molecule has 2 N–H and O–H groups in total. The lowest BCUT2D eigenvalue weighted by Crippen LogP contribution is -2.70. The van der Waals surface area contributed by atoms with Gasteiger partial charge in [-0.05, 0) is 111 Å². The number of fused-ring (bicyclic) bond motifs is 3. The second-order valence-corrected chi connectivity index (χ2v) is 19.4. The Bertz CT molecular complexity index is 2300. The largest absolute Gasteiger partial charge is 0.496 e. The van der Waals surface area contributed by atoms with Crippen molar-refractivity contribution in [3.63, 3.8) is 0 Å². The van der Waals surface area contributed by atoms with Crippen molar-refractivity contribution in [3.05, 3.63) is 95.6 Å². The lowest BCUT2D eigenvalue weighted by Gasteiger charge is -2.59. The van der Waals surface area contributed by atoms with Gasteiger partial charge in [-0.15, -0.1) is 6.58 Å². The zero-order valence-electron chi connectivity index (χ0n) is 42.9. The van der Waals surface area contributed by atoms with Crippen LogP contribution >= 0.6 is 0 Å².